The lowest BCUT2D eigenvalue weighted by Crippen LogP contribution is -2.36. The van der Waals surface area contributed by atoms with Crippen LogP contribution < -0.4 is 5.32 Å². The third-order valence-corrected chi connectivity index (χ3v) is 1.41. The van der Waals surface area contributed by atoms with Crippen LogP contribution in [0.15, 0.2) is 0 Å². The zero-order valence-electron chi connectivity index (χ0n) is 7.50. The van der Waals surface area contributed by atoms with Crippen molar-refractivity contribution < 1.29 is 14.3 Å². The monoisotopic (exact) mass is 173 g/mol. The summed E-state index contributed by atoms with van der Waals surface area (Å²) in [6.07, 6.45) is 1.87. The van der Waals surface area contributed by atoms with Gasteiger partial charge in [-0.2, -0.15) is 0 Å². The zero-order chi connectivity index (χ0) is 9.40. The van der Waals surface area contributed by atoms with Crippen molar-refractivity contribution in [2.75, 3.05) is 6.61 Å². The molecular formula is C8H15NO3. The van der Waals surface area contributed by atoms with Crippen LogP contribution in [0.3, 0.4) is 0 Å². The number of hydrogen-bond acceptors (Lipinski definition) is 3. The van der Waals surface area contributed by atoms with Gasteiger partial charge in [-0.05, 0) is 12.8 Å². The van der Waals surface area contributed by atoms with E-state index in [0.717, 1.165) is 6.42 Å². The van der Waals surface area contributed by atoms with Crippen LogP contribution >= 0.6 is 0 Å². The summed E-state index contributed by atoms with van der Waals surface area (Å²) in [6, 6.07) is -0.492. The predicted molar refractivity (Wildman–Crippen MR) is 44.5 cm³/mol. The minimum Gasteiger partial charge on any atom is -0.464 e. The van der Waals surface area contributed by atoms with E-state index in [9.17, 15) is 9.59 Å². The van der Waals surface area contributed by atoms with Gasteiger partial charge in [0, 0.05) is 0 Å². The number of ether oxygens (including phenoxy) is 1. The molecule has 0 bridgehead atoms. The van der Waals surface area contributed by atoms with E-state index in [0.29, 0.717) is 19.4 Å². The minimum atomic E-state index is -0.492. The maximum atomic E-state index is 11.1. The molecule has 4 heteroatoms. The molecular weight excluding hydrogens is 158 g/mol. The van der Waals surface area contributed by atoms with Crippen molar-refractivity contribution in [2.24, 2.45) is 0 Å². The molecule has 0 saturated heterocycles. The van der Waals surface area contributed by atoms with Gasteiger partial charge in [0.1, 0.15) is 6.04 Å². The van der Waals surface area contributed by atoms with Crippen LogP contribution in [0.2, 0.25) is 0 Å². The number of nitrogens with one attached hydrogen (secondary N) is 1. The Bertz CT molecular complexity index is 147. The van der Waals surface area contributed by atoms with E-state index in [1.807, 2.05) is 13.8 Å². The molecule has 0 saturated carbocycles. The van der Waals surface area contributed by atoms with Crippen molar-refractivity contribution >= 4 is 12.4 Å². The lowest BCUT2D eigenvalue weighted by Gasteiger charge is -2.11. The highest BCUT2D eigenvalue weighted by atomic mass is 16.5. The highest BCUT2D eigenvalue weighted by Gasteiger charge is 2.15. The molecule has 0 spiro atoms. The van der Waals surface area contributed by atoms with Crippen molar-refractivity contribution in [2.45, 2.75) is 32.7 Å². The highest BCUT2D eigenvalue weighted by Crippen LogP contribution is 1.94. The summed E-state index contributed by atoms with van der Waals surface area (Å²) in [5, 5.41) is 2.39. The summed E-state index contributed by atoms with van der Waals surface area (Å²) in [5.41, 5.74) is 0. The van der Waals surface area contributed by atoms with E-state index >= 15 is 0 Å². The van der Waals surface area contributed by atoms with Gasteiger partial charge in [0.2, 0.25) is 6.41 Å². The molecule has 0 rings (SSSR count). The Morgan fingerprint density at radius 2 is 2.25 bits per heavy atom. The minimum absolute atomic E-state index is 0.355. The van der Waals surface area contributed by atoms with E-state index in [-0.39, 0.29) is 5.97 Å². The zero-order valence-corrected chi connectivity index (χ0v) is 7.50. The predicted octanol–water partition coefficient (Wildman–Crippen LogP) is 0.464. The Kier molecular flexibility index (Phi) is 6.05. The molecule has 0 heterocycles. The van der Waals surface area contributed by atoms with Crippen molar-refractivity contribution in [3.63, 3.8) is 0 Å². The van der Waals surface area contributed by atoms with Crippen LogP contribution in [0.1, 0.15) is 26.7 Å². The molecule has 0 aliphatic carbocycles. The number of carbonyl (C=O) groups is 2. The fraction of sp³-hybridized carbons (Fsp3) is 0.750. The van der Waals surface area contributed by atoms with Crippen LogP contribution in [0, 0.1) is 0 Å². The molecule has 1 amide bonds. The Morgan fingerprint density at radius 1 is 1.58 bits per heavy atom. The molecule has 1 atom stereocenters. The van der Waals surface area contributed by atoms with Gasteiger partial charge in [0.15, 0.2) is 0 Å². The maximum absolute atomic E-state index is 11.1. The first kappa shape index (κ1) is 10.9. The standard InChI is InChI=1S/C8H15NO3/c1-3-5-12-8(11)7(4-2)9-6-10/h6-7H,3-5H2,1-2H3,(H,9,10). The molecule has 1 N–H and O–H groups in total. The molecule has 0 aromatic rings. The van der Waals surface area contributed by atoms with Gasteiger partial charge >= 0.3 is 5.97 Å². The summed E-state index contributed by atoms with van der Waals surface area (Å²) >= 11 is 0. The first-order chi connectivity index (χ1) is 5.76. The second kappa shape index (κ2) is 6.64. The van der Waals surface area contributed by atoms with E-state index < -0.39 is 6.04 Å². The topological polar surface area (TPSA) is 55.4 Å². The number of amides is 1. The van der Waals surface area contributed by atoms with Crippen molar-refractivity contribution in [1.82, 2.24) is 5.32 Å². The molecule has 0 aliphatic heterocycles. The van der Waals surface area contributed by atoms with E-state index in [1.165, 1.54) is 0 Å². The van der Waals surface area contributed by atoms with Gasteiger partial charge in [-0.15, -0.1) is 0 Å². The van der Waals surface area contributed by atoms with Gasteiger partial charge in [-0.3, -0.25) is 4.79 Å². The number of carbonyl (C=O) groups excluding carboxylic acids is 2. The van der Waals surface area contributed by atoms with Crippen molar-refractivity contribution in [3.8, 4) is 0 Å². The number of esters is 1. The van der Waals surface area contributed by atoms with Gasteiger partial charge < -0.3 is 10.1 Å². The molecule has 4 nitrogen and oxygen atoms in total. The van der Waals surface area contributed by atoms with E-state index in [4.69, 9.17) is 4.74 Å². The highest BCUT2D eigenvalue weighted by molar-refractivity contribution is 5.78. The fourth-order valence-electron chi connectivity index (χ4n) is 0.738. The largest absolute Gasteiger partial charge is 0.464 e. The number of rotatable bonds is 6. The molecule has 70 valence electrons. The van der Waals surface area contributed by atoms with Crippen LogP contribution in [0.25, 0.3) is 0 Å². The normalized spacial score (nSPS) is 11.8. The SMILES string of the molecule is CCCOC(=O)C(CC)NC=O. The Labute approximate surface area is 72.3 Å². The summed E-state index contributed by atoms with van der Waals surface area (Å²) in [7, 11) is 0. The second-order valence-electron chi connectivity index (χ2n) is 2.41. The van der Waals surface area contributed by atoms with Gasteiger partial charge in [0.05, 0.1) is 6.61 Å². The lowest BCUT2D eigenvalue weighted by molar-refractivity contribution is -0.147. The van der Waals surface area contributed by atoms with Gasteiger partial charge in [0.25, 0.3) is 0 Å². The van der Waals surface area contributed by atoms with Crippen LogP contribution in [0.4, 0.5) is 0 Å². The molecule has 0 radical (unpaired) electrons. The molecule has 0 aromatic carbocycles. The second-order valence-corrected chi connectivity index (χ2v) is 2.41. The summed E-state index contributed by atoms with van der Waals surface area (Å²) in [6.45, 7) is 4.14. The average molecular weight is 173 g/mol. The fourth-order valence-corrected chi connectivity index (χ4v) is 0.738. The van der Waals surface area contributed by atoms with Crippen LogP contribution in [-0.2, 0) is 14.3 Å². The molecule has 1 unspecified atom stereocenters. The van der Waals surface area contributed by atoms with Gasteiger partial charge in [-0.1, -0.05) is 13.8 Å². The smallest absolute Gasteiger partial charge is 0.328 e. The molecule has 0 aromatic heterocycles. The van der Waals surface area contributed by atoms with Crippen LogP contribution in [-0.4, -0.2) is 25.0 Å². The Balaban J connectivity index is 3.76. The van der Waals surface area contributed by atoms with Gasteiger partial charge in [-0.25, -0.2) is 4.79 Å². The first-order valence-electron chi connectivity index (χ1n) is 4.12. The Morgan fingerprint density at radius 3 is 2.67 bits per heavy atom. The van der Waals surface area contributed by atoms with Crippen molar-refractivity contribution in [1.29, 1.82) is 0 Å². The molecule has 0 aliphatic rings. The molecule has 0 fully saturated rings. The molecule has 12 heavy (non-hydrogen) atoms. The quantitative estimate of drug-likeness (QED) is 0.469. The van der Waals surface area contributed by atoms with E-state index in [1.54, 1.807) is 0 Å². The first-order valence-corrected chi connectivity index (χ1v) is 4.12. The average Bonchev–Trinajstić information content (AvgIpc) is 2.10. The summed E-state index contributed by atoms with van der Waals surface area (Å²) in [4.78, 5) is 21.1. The van der Waals surface area contributed by atoms with Crippen molar-refractivity contribution in [3.05, 3.63) is 0 Å². The third kappa shape index (κ3) is 3.95. The number of hydrogen-bond donors (Lipinski definition) is 1. The van der Waals surface area contributed by atoms with E-state index in [2.05, 4.69) is 5.32 Å². The summed E-state index contributed by atoms with van der Waals surface area (Å²) in [5.74, 6) is -0.355. The summed E-state index contributed by atoms with van der Waals surface area (Å²) < 4.78 is 4.84. The Hall–Kier alpha value is -1.06. The van der Waals surface area contributed by atoms with Crippen LogP contribution in [0.5, 0.6) is 0 Å². The third-order valence-electron chi connectivity index (χ3n) is 1.41. The lowest BCUT2D eigenvalue weighted by atomic mass is 10.2. The maximum Gasteiger partial charge on any atom is 0.328 e.